The second-order valence-electron chi connectivity index (χ2n) is 9.71. The van der Waals surface area contributed by atoms with Gasteiger partial charge in [-0.2, -0.15) is 0 Å². The minimum atomic E-state index is -0.993. The van der Waals surface area contributed by atoms with Crippen molar-refractivity contribution in [2.45, 2.75) is 33.4 Å². The third kappa shape index (κ3) is 5.49. The van der Waals surface area contributed by atoms with E-state index in [1.54, 1.807) is 55.5 Å². The number of benzene rings is 3. The standard InChI is InChI=1S/C32H28N2O6S/c1-18-7-5-8-21(15-18)17-40-24-13-11-22(12-14-24)28(36)26-27(23-9-6-10-25(16-23)39-4)34(31(38)29(26)37)32-33-19(2)30(41-32)20(3)35/h5-16,27,36H,17H2,1-4H3. The molecule has 1 fully saturated rings. The van der Waals surface area contributed by atoms with Gasteiger partial charge in [-0.25, -0.2) is 4.98 Å². The first-order chi connectivity index (χ1) is 19.7. The summed E-state index contributed by atoms with van der Waals surface area (Å²) in [4.78, 5) is 45.1. The van der Waals surface area contributed by atoms with E-state index in [4.69, 9.17) is 9.47 Å². The molecular formula is C32H28N2O6S. The van der Waals surface area contributed by atoms with Crippen LogP contribution in [0.25, 0.3) is 5.76 Å². The maximum absolute atomic E-state index is 13.5. The monoisotopic (exact) mass is 568 g/mol. The molecule has 2 heterocycles. The number of hydrogen-bond donors (Lipinski definition) is 1. The number of hydrogen-bond acceptors (Lipinski definition) is 8. The lowest BCUT2D eigenvalue weighted by Gasteiger charge is -2.23. The number of aliphatic hydroxyl groups is 1. The summed E-state index contributed by atoms with van der Waals surface area (Å²) < 4.78 is 11.3. The van der Waals surface area contributed by atoms with E-state index in [0.717, 1.165) is 22.5 Å². The smallest absolute Gasteiger partial charge is 0.301 e. The Morgan fingerprint density at radius 3 is 2.39 bits per heavy atom. The van der Waals surface area contributed by atoms with Gasteiger partial charge in [0.05, 0.1) is 29.3 Å². The normalized spacial score (nSPS) is 16.2. The molecule has 1 aromatic heterocycles. The fraction of sp³-hybridized carbons (Fsp3) is 0.188. The van der Waals surface area contributed by atoms with Gasteiger partial charge < -0.3 is 14.6 Å². The molecule has 208 valence electrons. The molecule has 1 unspecified atom stereocenters. The number of carbonyl (C=O) groups excluding carboxylic acids is 3. The van der Waals surface area contributed by atoms with Gasteiger partial charge >= 0.3 is 5.91 Å². The molecule has 0 spiro atoms. The van der Waals surface area contributed by atoms with Crippen molar-refractivity contribution in [1.82, 2.24) is 4.98 Å². The maximum Gasteiger partial charge on any atom is 0.301 e. The zero-order valence-electron chi connectivity index (χ0n) is 23.0. The molecule has 0 radical (unpaired) electrons. The van der Waals surface area contributed by atoms with E-state index >= 15 is 0 Å². The highest BCUT2D eigenvalue weighted by Gasteiger charge is 2.48. The number of aromatic nitrogens is 1. The summed E-state index contributed by atoms with van der Waals surface area (Å²) in [6.45, 7) is 5.49. The molecule has 1 amide bonds. The lowest BCUT2D eigenvalue weighted by Crippen LogP contribution is -2.29. The van der Waals surface area contributed by atoms with Gasteiger partial charge in [-0.1, -0.05) is 53.3 Å². The molecule has 8 nitrogen and oxygen atoms in total. The number of thiazole rings is 1. The van der Waals surface area contributed by atoms with Crippen LogP contribution in [0.4, 0.5) is 5.13 Å². The molecule has 9 heteroatoms. The van der Waals surface area contributed by atoms with Gasteiger partial charge in [0.2, 0.25) is 0 Å². The number of aryl methyl sites for hydroxylation is 2. The van der Waals surface area contributed by atoms with Crippen LogP contribution in [0.15, 0.2) is 78.4 Å². The van der Waals surface area contributed by atoms with Crippen LogP contribution >= 0.6 is 11.3 Å². The molecule has 4 aromatic rings. The Balaban J connectivity index is 1.54. The summed E-state index contributed by atoms with van der Waals surface area (Å²) >= 11 is 1.04. The molecule has 41 heavy (non-hydrogen) atoms. The fourth-order valence-corrected chi connectivity index (χ4v) is 5.79. The molecule has 1 aliphatic rings. The number of carbonyl (C=O) groups is 3. The molecule has 1 atom stereocenters. The van der Waals surface area contributed by atoms with Crippen molar-refractivity contribution >= 4 is 39.7 Å². The molecule has 0 bridgehead atoms. The van der Waals surface area contributed by atoms with Gasteiger partial charge in [0.15, 0.2) is 10.9 Å². The van der Waals surface area contributed by atoms with Gasteiger partial charge in [-0.3, -0.25) is 19.3 Å². The third-order valence-electron chi connectivity index (χ3n) is 6.78. The number of methoxy groups -OCH3 is 1. The van der Waals surface area contributed by atoms with Gasteiger partial charge in [0.25, 0.3) is 5.78 Å². The molecule has 1 N–H and O–H groups in total. The van der Waals surface area contributed by atoms with Crippen LogP contribution in [0.5, 0.6) is 11.5 Å². The topological polar surface area (TPSA) is 106 Å². The van der Waals surface area contributed by atoms with Gasteiger partial charge in [0.1, 0.15) is 23.9 Å². The average molecular weight is 569 g/mol. The van der Waals surface area contributed by atoms with Crippen molar-refractivity contribution in [3.63, 3.8) is 0 Å². The predicted octanol–water partition coefficient (Wildman–Crippen LogP) is 6.18. The SMILES string of the molecule is COc1cccc(C2C(=C(O)c3ccc(OCc4cccc(C)c4)cc3)C(=O)C(=O)N2c2nc(C)c(C(C)=O)s2)c1. The van der Waals surface area contributed by atoms with E-state index < -0.39 is 17.7 Å². The number of Topliss-reactive ketones (excluding diaryl/α,β-unsaturated/α-hetero) is 2. The van der Waals surface area contributed by atoms with E-state index in [-0.39, 0.29) is 22.2 Å². The number of ketones is 2. The van der Waals surface area contributed by atoms with Crippen LogP contribution in [-0.2, 0) is 16.2 Å². The number of ether oxygens (including phenoxy) is 2. The number of rotatable bonds is 8. The minimum Gasteiger partial charge on any atom is -0.507 e. The van der Waals surface area contributed by atoms with Crippen LogP contribution < -0.4 is 14.4 Å². The average Bonchev–Trinajstić information content (AvgIpc) is 3.48. The zero-order valence-corrected chi connectivity index (χ0v) is 23.8. The van der Waals surface area contributed by atoms with Crippen molar-refractivity contribution in [3.8, 4) is 11.5 Å². The van der Waals surface area contributed by atoms with Crippen LogP contribution in [-0.4, -0.2) is 34.7 Å². The first-order valence-electron chi connectivity index (χ1n) is 12.9. The summed E-state index contributed by atoms with van der Waals surface area (Å²) in [6.07, 6.45) is 0. The Hall–Kier alpha value is -4.76. The number of anilines is 1. The number of amides is 1. The van der Waals surface area contributed by atoms with Crippen molar-refractivity contribution in [3.05, 3.63) is 111 Å². The van der Waals surface area contributed by atoms with E-state index in [1.165, 1.54) is 18.9 Å². The molecule has 0 saturated carbocycles. The first kappa shape index (κ1) is 27.8. The lowest BCUT2D eigenvalue weighted by molar-refractivity contribution is -0.132. The van der Waals surface area contributed by atoms with E-state index in [1.807, 2.05) is 31.2 Å². The Bertz CT molecular complexity index is 1690. The van der Waals surface area contributed by atoms with Crippen molar-refractivity contribution in [2.75, 3.05) is 12.0 Å². The van der Waals surface area contributed by atoms with Crippen LogP contribution in [0, 0.1) is 13.8 Å². The Morgan fingerprint density at radius 1 is 1.00 bits per heavy atom. The number of nitrogens with zero attached hydrogens (tertiary/aromatic N) is 2. The molecule has 5 rings (SSSR count). The first-order valence-corrected chi connectivity index (χ1v) is 13.7. The molecular weight excluding hydrogens is 540 g/mol. The Labute approximate surface area is 241 Å². The molecule has 0 aliphatic carbocycles. The van der Waals surface area contributed by atoms with Crippen molar-refractivity contribution < 1.29 is 29.0 Å². The Morgan fingerprint density at radius 2 is 1.73 bits per heavy atom. The van der Waals surface area contributed by atoms with Crippen LogP contribution in [0.2, 0.25) is 0 Å². The van der Waals surface area contributed by atoms with E-state index in [0.29, 0.717) is 39.8 Å². The second kappa shape index (κ2) is 11.4. The summed E-state index contributed by atoms with van der Waals surface area (Å²) in [6, 6.07) is 20.6. The summed E-state index contributed by atoms with van der Waals surface area (Å²) in [5.74, 6) is -1.12. The van der Waals surface area contributed by atoms with E-state index in [9.17, 15) is 19.5 Å². The van der Waals surface area contributed by atoms with E-state index in [2.05, 4.69) is 4.98 Å². The summed E-state index contributed by atoms with van der Waals surface area (Å²) in [5.41, 5.74) is 3.43. The van der Waals surface area contributed by atoms with Crippen molar-refractivity contribution in [1.29, 1.82) is 0 Å². The molecule has 3 aromatic carbocycles. The quantitative estimate of drug-likeness (QED) is 0.117. The highest BCUT2D eigenvalue weighted by molar-refractivity contribution is 7.18. The number of aliphatic hydroxyl groups excluding tert-OH is 1. The fourth-order valence-electron chi connectivity index (χ4n) is 4.80. The van der Waals surface area contributed by atoms with Gasteiger partial charge in [-0.05, 0) is 61.4 Å². The van der Waals surface area contributed by atoms with Crippen molar-refractivity contribution in [2.24, 2.45) is 0 Å². The third-order valence-corrected chi connectivity index (χ3v) is 8.04. The zero-order chi connectivity index (χ0) is 29.3. The molecule has 1 aliphatic heterocycles. The molecule has 1 saturated heterocycles. The van der Waals surface area contributed by atoms with Gasteiger partial charge in [-0.15, -0.1) is 0 Å². The largest absolute Gasteiger partial charge is 0.507 e. The second-order valence-corrected chi connectivity index (χ2v) is 10.7. The summed E-state index contributed by atoms with van der Waals surface area (Å²) in [7, 11) is 1.52. The lowest BCUT2D eigenvalue weighted by atomic mass is 9.95. The Kier molecular flexibility index (Phi) is 7.72. The summed E-state index contributed by atoms with van der Waals surface area (Å²) in [5, 5.41) is 11.6. The highest BCUT2D eigenvalue weighted by atomic mass is 32.1. The maximum atomic E-state index is 13.5. The van der Waals surface area contributed by atoms with Crippen LogP contribution in [0.3, 0.4) is 0 Å². The van der Waals surface area contributed by atoms with Gasteiger partial charge in [0, 0.05) is 12.5 Å². The van der Waals surface area contributed by atoms with Crippen LogP contribution in [0.1, 0.15) is 50.6 Å². The highest BCUT2D eigenvalue weighted by Crippen LogP contribution is 2.44. The predicted molar refractivity (Wildman–Crippen MR) is 157 cm³/mol. The minimum absolute atomic E-state index is 0.0890.